The summed E-state index contributed by atoms with van der Waals surface area (Å²) in [5.74, 6) is 0.228. The summed E-state index contributed by atoms with van der Waals surface area (Å²) in [4.78, 5) is 11.0. The highest BCUT2D eigenvalue weighted by Crippen LogP contribution is 1.90. The van der Waals surface area contributed by atoms with E-state index in [0.29, 0.717) is 72.2 Å². The summed E-state index contributed by atoms with van der Waals surface area (Å²) < 4.78 is 21.0. The van der Waals surface area contributed by atoms with E-state index in [0.717, 1.165) is 0 Å². The number of rotatable bonds is 15. The van der Waals surface area contributed by atoms with Crippen LogP contribution in [-0.4, -0.2) is 65.2 Å². The molecule has 24 heavy (non-hydrogen) atoms. The molecule has 0 aliphatic carbocycles. The normalized spacial score (nSPS) is 9.58. The van der Waals surface area contributed by atoms with Gasteiger partial charge in [-0.3, -0.25) is 4.79 Å². The Morgan fingerprint density at radius 3 is 1.38 bits per heavy atom. The van der Waals surface area contributed by atoms with Crippen LogP contribution < -0.4 is 5.73 Å². The molecule has 148 valence electrons. The first-order chi connectivity index (χ1) is 11.7. The van der Waals surface area contributed by atoms with Crippen LogP contribution in [0.4, 0.5) is 0 Å². The first-order valence-corrected chi connectivity index (χ1v) is 9.25. The Labute approximate surface area is 149 Å². The van der Waals surface area contributed by atoms with Crippen molar-refractivity contribution in [2.75, 3.05) is 59.4 Å². The summed E-state index contributed by atoms with van der Waals surface area (Å²) >= 11 is 0. The molecule has 0 atom stereocenters. The zero-order valence-corrected chi connectivity index (χ0v) is 16.6. The highest BCUT2D eigenvalue weighted by molar-refractivity contribution is 5.78. The van der Waals surface area contributed by atoms with E-state index >= 15 is 0 Å². The Kier molecular flexibility index (Phi) is 35.8. The molecule has 0 unspecified atom stereocenters. The molecule has 0 bridgehead atoms. The van der Waals surface area contributed by atoms with E-state index in [9.17, 15) is 4.79 Å². The van der Waals surface area contributed by atoms with Crippen LogP contribution in [0.2, 0.25) is 0 Å². The number of Topliss-reactive ketones (excluding diaryl/α,β-unsaturated/α-hetero) is 1. The third-order valence-electron chi connectivity index (χ3n) is 2.30. The van der Waals surface area contributed by atoms with E-state index in [1.807, 2.05) is 20.8 Å². The summed E-state index contributed by atoms with van der Waals surface area (Å²) in [7, 11) is 0. The van der Waals surface area contributed by atoms with Crippen LogP contribution >= 0.6 is 0 Å². The lowest BCUT2D eigenvalue weighted by Gasteiger charge is -2.07. The minimum Gasteiger partial charge on any atom is -0.379 e. The molecule has 6 heteroatoms. The van der Waals surface area contributed by atoms with Crippen molar-refractivity contribution in [2.45, 2.75) is 53.9 Å². The van der Waals surface area contributed by atoms with Crippen LogP contribution in [0.1, 0.15) is 53.9 Å². The molecule has 0 heterocycles. The predicted octanol–water partition coefficient (Wildman–Crippen LogP) is 2.82. The number of ether oxygens (including phenoxy) is 4. The van der Waals surface area contributed by atoms with Crippen LogP contribution in [0.15, 0.2) is 0 Å². The monoisotopic (exact) mass is 351 g/mol. The van der Waals surface area contributed by atoms with Gasteiger partial charge in [-0.25, -0.2) is 0 Å². The topological polar surface area (TPSA) is 80.0 Å². The van der Waals surface area contributed by atoms with E-state index < -0.39 is 0 Å². The molecule has 0 aliphatic heterocycles. The third kappa shape index (κ3) is 33.2. The maximum Gasteiger partial charge on any atom is 0.134 e. The molecule has 0 aliphatic rings. The van der Waals surface area contributed by atoms with Gasteiger partial charge in [-0.1, -0.05) is 41.0 Å². The maximum atomic E-state index is 11.0. The summed E-state index contributed by atoms with van der Waals surface area (Å²) in [6.45, 7) is 14.9. The lowest BCUT2D eigenvalue weighted by Crippen LogP contribution is -2.14. The number of carbonyl (C=O) groups excluding carboxylic acids is 1. The number of ketones is 1. The minimum atomic E-state index is 0.228. The van der Waals surface area contributed by atoms with Gasteiger partial charge in [-0.2, -0.15) is 0 Å². The van der Waals surface area contributed by atoms with Crippen molar-refractivity contribution >= 4 is 5.78 Å². The van der Waals surface area contributed by atoms with Gasteiger partial charge in [-0.05, 0) is 0 Å². The molecule has 0 spiro atoms. The van der Waals surface area contributed by atoms with Gasteiger partial charge < -0.3 is 24.7 Å². The van der Waals surface area contributed by atoms with Gasteiger partial charge in [0.05, 0.1) is 52.9 Å². The van der Waals surface area contributed by atoms with Crippen molar-refractivity contribution in [3.05, 3.63) is 0 Å². The first-order valence-electron chi connectivity index (χ1n) is 9.25. The Bertz CT molecular complexity index is 216. The van der Waals surface area contributed by atoms with Crippen LogP contribution in [0, 0.1) is 0 Å². The third-order valence-corrected chi connectivity index (χ3v) is 2.30. The Balaban J connectivity index is -0.000000786. The summed E-state index contributed by atoms with van der Waals surface area (Å²) in [5.41, 5.74) is 5.27. The van der Waals surface area contributed by atoms with Crippen LogP contribution in [0.3, 0.4) is 0 Å². The molecule has 0 aromatic heterocycles. The molecule has 0 amide bonds. The largest absolute Gasteiger partial charge is 0.379 e. The Morgan fingerprint density at radius 1 is 0.708 bits per heavy atom. The number of nitrogens with two attached hydrogens (primary N) is 1. The fourth-order valence-corrected chi connectivity index (χ4v) is 1.21. The summed E-state index contributed by atoms with van der Waals surface area (Å²) in [6, 6.07) is 0. The van der Waals surface area contributed by atoms with Crippen molar-refractivity contribution in [2.24, 2.45) is 5.73 Å². The second kappa shape index (κ2) is 30.4. The Hall–Kier alpha value is -0.530. The second-order valence-electron chi connectivity index (χ2n) is 4.59. The van der Waals surface area contributed by atoms with Gasteiger partial charge in [0.1, 0.15) is 5.78 Å². The summed E-state index contributed by atoms with van der Waals surface area (Å²) in [6.07, 6.45) is 2.31. The van der Waals surface area contributed by atoms with Gasteiger partial charge >= 0.3 is 0 Å². The van der Waals surface area contributed by atoms with E-state index in [2.05, 4.69) is 13.8 Å². The van der Waals surface area contributed by atoms with Crippen LogP contribution in [0.5, 0.6) is 0 Å². The van der Waals surface area contributed by atoms with Crippen LogP contribution in [-0.2, 0) is 23.7 Å². The van der Waals surface area contributed by atoms with Gasteiger partial charge in [0.15, 0.2) is 0 Å². The van der Waals surface area contributed by atoms with Crippen molar-refractivity contribution in [1.82, 2.24) is 0 Å². The van der Waals surface area contributed by atoms with E-state index in [1.54, 1.807) is 0 Å². The zero-order valence-electron chi connectivity index (χ0n) is 16.6. The first kappa shape index (κ1) is 28.3. The SMILES string of the molecule is CC.CCC.CCC(=O)CCOCCOCCOCCOCCN. The minimum absolute atomic E-state index is 0.228. The molecule has 0 saturated carbocycles. The number of carbonyl (C=O) groups is 1. The number of hydrogen-bond acceptors (Lipinski definition) is 6. The Morgan fingerprint density at radius 2 is 1.04 bits per heavy atom. The van der Waals surface area contributed by atoms with Gasteiger partial charge in [0, 0.05) is 19.4 Å². The molecule has 0 aromatic rings. The standard InChI is InChI=1S/C13H27NO5.C3H8.C2H6/c1-2-13(15)3-5-16-7-9-18-11-12-19-10-8-17-6-4-14;1-3-2;1-2/h2-12,14H2,1H3;3H2,1-2H3;1-2H3. The second-order valence-corrected chi connectivity index (χ2v) is 4.59. The van der Waals surface area contributed by atoms with Gasteiger partial charge in [-0.15, -0.1) is 0 Å². The number of hydrogen-bond donors (Lipinski definition) is 1. The van der Waals surface area contributed by atoms with Gasteiger partial charge in [0.25, 0.3) is 0 Å². The van der Waals surface area contributed by atoms with Crippen molar-refractivity contribution in [3.8, 4) is 0 Å². The van der Waals surface area contributed by atoms with Crippen LogP contribution in [0.25, 0.3) is 0 Å². The molecular weight excluding hydrogens is 310 g/mol. The molecule has 0 aromatic carbocycles. The fourth-order valence-electron chi connectivity index (χ4n) is 1.21. The smallest absolute Gasteiger partial charge is 0.134 e. The maximum absolute atomic E-state index is 11.0. The molecule has 0 saturated heterocycles. The molecule has 6 nitrogen and oxygen atoms in total. The van der Waals surface area contributed by atoms with Crippen molar-refractivity contribution in [3.63, 3.8) is 0 Å². The average molecular weight is 352 g/mol. The van der Waals surface area contributed by atoms with Crippen molar-refractivity contribution < 1.29 is 23.7 Å². The predicted molar refractivity (Wildman–Crippen MR) is 99.6 cm³/mol. The fraction of sp³-hybridized carbons (Fsp3) is 0.944. The lowest BCUT2D eigenvalue weighted by molar-refractivity contribution is -0.120. The van der Waals surface area contributed by atoms with E-state index in [1.165, 1.54) is 6.42 Å². The summed E-state index contributed by atoms with van der Waals surface area (Å²) in [5, 5.41) is 0. The molecule has 0 radical (unpaired) electrons. The van der Waals surface area contributed by atoms with Gasteiger partial charge in [0.2, 0.25) is 0 Å². The average Bonchev–Trinajstić information content (AvgIpc) is 2.61. The molecule has 2 N–H and O–H groups in total. The van der Waals surface area contributed by atoms with E-state index in [-0.39, 0.29) is 5.78 Å². The van der Waals surface area contributed by atoms with Crippen molar-refractivity contribution in [1.29, 1.82) is 0 Å². The molecule has 0 fully saturated rings. The zero-order chi connectivity index (χ0) is 18.9. The molecule has 0 rings (SSSR count). The highest BCUT2D eigenvalue weighted by atomic mass is 16.6. The lowest BCUT2D eigenvalue weighted by atomic mass is 10.2. The highest BCUT2D eigenvalue weighted by Gasteiger charge is 1.97. The van der Waals surface area contributed by atoms with E-state index in [4.69, 9.17) is 24.7 Å². The quantitative estimate of drug-likeness (QED) is 0.457. The molecular formula is C18H41NO5.